The normalized spacial score (nSPS) is 17.1. The summed E-state index contributed by atoms with van der Waals surface area (Å²) < 4.78 is 1.89. The SMILES string of the molecule is CC1CCN(C(c2ccc(O)cc2)c2nnnn2Cc2ccccc2)CC1. The van der Waals surface area contributed by atoms with Gasteiger partial charge in [-0.2, -0.15) is 0 Å². The number of nitrogens with zero attached hydrogens (tertiary/aromatic N) is 5. The molecular weight excluding hydrogens is 338 g/mol. The summed E-state index contributed by atoms with van der Waals surface area (Å²) in [6, 6.07) is 17.6. The first-order valence-electron chi connectivity index (χ1n) is 9.53. The third-order valence-corrected chi connectivity index (χ3v) is 5.37. The molecule has 1 unspecified atom stereocenters. The van der Waals surface area contributed by atoms with Crippen molar-refractivity contribution in [1.82, 2.24) is 25.1 Å². The number of tetrazole rings is 1. The van der Waals surface area contributed by atoms with Gasteiger partial charge in [0.15, 0.2) is 5.82 Å². The molecule has 6 nitrogen and oxygen atoms in total. The summed E-state index contributed by atoms with van der Waals surface area (Å²) >= 11 is 0. The van der Waals surface area contributed by atoms with E-state index in [2.05, 4.69) is 39.5 Å². The maximum absolute atomic E-state index is 9.70. The lowest BCUT2D eigenvalue weighted by Crippen LogP contribution is -2.38. The number of aromatic hydroxyl groups is 1. The van der Waals surface area contributed by atoms with Crippen molar-refractivity contribution in [3.05, 3.63) is 71.5 Å². The van der Waals surface area contributed by atoms with Crippen LogP contribution in [-0.2, 0) is 6.54 Å². The lowest BCUT2D eigenvalue weighted by molar-refractivity contribution is 0.150. The summed E-state index contributed by atoms with van der Waals surface area (Å²) in [5.41, 5.74) is 2.27. The van der Waals surface area contributed by atoms with Crippen molar-refractivity contribution in [3.63, 3.8) is 0 Å². The van der Waals surface area contributed by atoms with Gasteiger partial charge >= 0.3 is 0 Å². The molecule has 1 aliphatic rings. The summed E-state index contributed by atoms with van der Waals surface area (Å²) in [6.07, 6.45) is 2.35. The number of phenols is 1. The molecule has 1 fully saturated rings. The van der Waals surface area contributed by atoms with E-state index in [-0.39, 0.29) is 11.8 Å². The molecule has 140 valence electrons. The number of hydrogen-bond donors (Lipinski definition) is 1. The average molecular weight is 363 g/mol. The highest BCUT2D eigenvalue weighted by Crippen LogP contribution is 2.32. The molecule has 1 saturated heterocycles. The molecule has 0 radical (unpaired) electrons. The van der Waals surface area contributed by atoms with Gasteiger partial charge in [0.25, 0.3) is 0 Å². The van der Waals surface area contributed by atoms with Crippen molar-refractivity contribution in [2.45, 2.75) is 32.4 Å². The van der Waals surface area contributed by atoms with Crippen LogP contribution in [0.1, 0.15) is 42.8 Å². The van der Waals surface area contributed by atoms with E-state index in [0.717, 1.165) is 30.4 Å². The van der Waals surface area contributed by atoms with Gasteiger partial charge in [-0.3, -0.25) is 4.90 Å². The van der Waals surface area contributed by atoms with Crippen molar-refractivity contribution < 1.29 is 5.11 Å². The molecule has 0 amide bonds. The zero-order chi connectivity index (χ0) is 18.6. The maximum Gasteiger partial charge on any atom is 0.173 e. The van der Waals surface area contributed by atoms with Crippen molar-refractivity contribution in [1.29, 1.82) is 0 Å². The fraction of sp³-hybridized carbons (Fsp3) is 0.381. The minimum Gasteiger partial charge on any atom is -0.508 e. The van der Waals surface area contributed by atoms with Gasteiger partial charge in [0.2, 0.25) is 0 Å². The fourth-order valence-corrected chi connectivity index (χ4v) is 3.74. The van der Waals surface area contributed by atoms with E-state index in [1.165, 1.54) is 18.4 Å². The van der Waals surface area contributed by atoms with Crippen molar-refractivity contribution in [2.75, 3.05) is 13.1 Å². The highest BCUT2D eigenvalue weighted by molar-refractivity contribution is 5.31. The quantitative estimate of drug-likeness (QED) is 0.754. The highest BCUT2D eigenvalue weighted by Gasteiger charge is 2.30. The summed E-state index contributed by atoms with van der Waals surface area (Å²) in [5.74, 6) is 1.87. The predicted octanol–water partition coefficient (Wildman–Crippen LogP) is 3.25. The van der Waals surface area contributed by atoms with Crippen LogP contribution in [0, 0.1) is 5.92 Å². The Morgan fingerprint density at radius 1 is 1.04 bits per heavy atom. The highest BCUT2D eigenvalue weighted by atomic mass is 16.3. The predicted molar refractivity (Wildman–Crippen MR) is 103 cm³/mol. The molecule has 0 spiro atoms. The average Bonchev–Trinajstić information content (AvgIpc) is 3.13. The second-order valence-corrected chi connectivity index (χ2v) is 7.39. The molecule has 1 aromatic heterocycles. The van der Waals surface area contributed by atoms with E-state index in [4.69, 9.17) is 0 Å². The Balaban J connectivity index is 1.69. The maximum atomic E-state index is 9.70. The smallest absolute Gasteiger partial charge is 0.173 e. The van der Waals surface area contributed by atoms with E-state index in [1.54, 1.807) is 12.1 Å². The lowest BCUT2D eigenvalue weighted by atomic mass is 9.95. The van der Waals surface area contributed by atoms with Gasteiger partial charge in [-0.1, -0.05) is 49.4 Å². The molecule has 27 heavy (non-hydrogen) atoms. The minimum absolute atomic E-state index is 0.0168. The van der Waals surface area contributed by atoms with Crippen molar-refractivity contribution in [3.8, 4) is 5.75 Å². The Hall–Kier alpha value is -2.73. The van der Waals surface area contributed by atoms with Crippen LogP contribution in [0.4, 0.5) is 0 Å². The third kappa shape index (κ3) is 4.01. The summed E-state index contributed by atoms with van der Waals surface area (Å²) in [5, 5.41) is 22.4. The van der Waals surface area contributed by atoms with E-state index in [9.17, 15) is 5.11 Å². The van der Waals surface area contributed by atoms with Crippen molar-refractivity contribution in [2.24, 2.45) is 5.92 Å². The Morgan fingerprint density at radius 3 is 2.44 bits per heavy atom. The molecule has 0 aliphatic carbocycles. The first kappa shape index (κ1) is 17.7. The van der Waals surface area contributed by atoms with Gasteiger partial charge in [0.05, 0.1) is 12.6 Å². The zero-order valence-corrected chi connectivity index (χ0v) is 15.6. The fourth-order valence-electron chi connectivity index (χ4n) is 3.74. The number of aromatic nitrogens is 4. The molecule has 0 bridgehead atoms. The molecule has 2 heterocycles. The standard InChI is InChI=1S/C21H25N5O/c1-16-11-13-25(14-12-16)20(18-7-9-19(27)10-8-18)21-22-23-24-26(21)15-17-5-3-2-4-6-17/h2-10,16,20,27H,11-15H2,1H3. The van der Waals surface area contributed by atoms with Gasteiger partial charge in [-0.15, -0.1) is 5.10 Å². The molecule has 1 aliphatic heterocycles. The molecule has 1 N–H and O–H groups in total. The number of phenolic OH excluding ortho intramolecular Hbond substituents is 1. The minimum atomic E-state index is -0.0168. The van der Waals surface area contributed by atoms with E-state index in [1.807, 2.05) is 35.0 Å². The van der Waals surface area contributed by atoms with Crippen LogP contribution in [0.3, 0.4) is 0 Å². The molecular formula is C21H25N5O. The van der Waals surface area contributed by atoms with E-state index in [0.29, 0.717) is 6.54 Å². The van der Waals surface area contributed by atoms with Crippen LogP contribution < -0.4 is 0 Å². The van der Waals surface area contributed by atoms with E-state index >= 15 is 0 Å². The largest absolute Gasteiger partial charge is 0.508 e. The summed E-state index contributed by atoms with van der Waals surface area (Å²) in [4.78, 5) is 2.46. The Labute approximate surface area is 159 Å². The summed E-state index contributed by atoms with van der Waals surface area (Å²) in [6.45, 7) is 4.99. The lowest BCUT2D eigenvalue weighted by Gasteiger charge is -2.36. The molecule has 3 aromatic rings. The van der Waals surface area contributed by atoms with Crippen molar-refractivity contribution >= 4 is 0 Å². The second kappa shape index (κ2) is 7.88. The number of rotatable bonds is 5. The summed E-state index contributed by atoms with van der Waals surface area (Å²) in [7, 11) is 0. The molecule has 1 atom stereocenters. The molecule has 0 saturated carbocycles. The number of piperidine rings is 1. The monoisotopic (exact) mass is 363 g/mol. The van der Waals surface area contributed by atoms with E-state index < -0.39 is 0 Å². The Kier molecular flexibility index (Phi) is 5.16. The van der Waals surface area contributed by atoms with Gasteiger partial charge in [0, 0.05) is 0 Å². The molecule has 6 heteroatoms. The second-order valence-electron chi connectivity index (χ2n) is 7.39. The number of likely N-dealkylation sites (tertiary alicyclic amines) is 1. The van der Waals surface area contributed by atoms with Gasteiger partial charge in [0.1, 0.15) is 5.75 Å². The Morgan fingerprint density at radius 2 is 1.74 bits per heavy atom. The van der Waals surface area contributed by atoms with Crippen LogP contribution in [0.25, 0.3) is 0 Å². The van der Waals surface area contributed by atoms with Crippen LogP contribution in [0.2, 0.25) is 0 Å². The number of benzene rings is 2. The number of hydrogen-bond acceptors (Lipinski definition) is 5. The first-order valence-corrected chi connectivity index (χ1v) is 9.53. The van der Waals surface area contributed by atoms with Gasteiger partial charge < -0.3 is 5.11 Å². The zero-order valence-electron chi connectivity index (χ0n) is 15.6. The van der Waals surface area contributed by atoms with Crippen LogP contribution >= 0.6 is 0 Å². The van der Waals surface area contributed by atoms with Crippen LogP contribution in [0.15, 0.2) is 54.6 Å². The third-order valence-electron chi connectivity index (χ3n) is 5.37. The topological polar surface area (TPSA) is 67.1 Å². The van der Waals surface area contributed by atoms with Gasteiger partial charge in [-0.25, -0.2) is 4.68 Å². The molecule has 4 rings (SSSR count). The Bertz CT molecular complexity index is 854. The van der Waals surface area contributed by atoms with Crippen LogP contribution in [0.5, 0.6) is 5.75 Å². The molecule has 2 aromatic carbocycles. The van der Waals surface area contributed by atoms with Crippen LogP contribution in [-0.4, -0.2) is 43.3 Å². The first-order chi connectivity index (χ1) is 13.2. The van der Waals surface area contributed by atoms with Gasteiger partial charge in [-0.05, 0) is 65.5 Å².